The second-order valence-electron chi connectivity index (χ2n) is 12.6. The van der Waals surface area contributed by atoms with Crippen molar-refractivity contribution >= 4 is 23.2 Å². The summed E-state index contributed by atoms with van der Waals surface area (Å²) in [5, 5.41) is 16.7. The van der Waals surface area contributed by atoms with Crippen LogP contribution in [0.5, 0.6) is 0 Å². The molecule has 5 aromatic heterocycles. The van der Waals surface area contributed by atoms with Gasteiger partial charge in [0.25, 0.3) is 5.56 Å². The molecule has 0 amide bonds. The molecule has 0 saturated heterocycles. The van der Waals surface area contributed by atoms with Gasteiger partial charge in [-0.3, -0.25) is 14.0 Å². The zero-order chi connectivity index (χ0) is 42.9. The van der Waals surface area contributed by atoms with E-state index in [-0.39, 0.29) is 16.8 Å². The molecular weight excluding hydrogens is 768 g/mol. The van der Waals surface area contributed by atoms with Gasteiger partial charge in [0.2, 0.25) is 0 Å². The van der Waals surface area contributed by atoms with Crippen LogP contribution >= 0.6 is 23.2 Å². The highest BCUT2D eigenvalue weighted by atomic mass is 35.5. The molecule has 0 unspecified atom stereocenters. The standard InChI is InChI=1S/C9H9N.C7H10N2O2.2C6H6ClN.C6H7F3N2.C6H9NO/c1-7-3-4-9(6-10)8(2)5-7;1-5-4-8(2)7(11)9(3)6(5)10;1-5-2-3-6(7)8-4-5;1-5-3-2-4-8-6(5)7;1-4-3-11(2)10-5(4)6(7,8)9;1-4-5(2)7-8-6(4)3/h3-5H,1-2H3;4H,1-3H3;2*2-4H,1H3;3H,1-2H3;1-3H3. The fourth-order valence-electron chi connectivity index (χ4n) is 4.26. The van der Waals surface area contributed by atoms with E-state index in [4.69, 9.17) is 33.0 Å². The van der Waals surface area contributed by atoms with E-state index in [0.717, 1.165) is 48.5 Å². The maximum absolute atomic E-state index is 12.0. The van der Waals surface area contributed by atoms with Crippen molar-refractivity contribution in [1.82, 2.24) is 34.0 Å². The topological polar surface area (TPSA) is 137 Å². The Morgan fingerprint density at radius 3 is 1.77 bits per heavy atom. The van der Waals surface area contributed by atoms with Crippen LogP contribution < -0.4 is 11.2 Å². The number of hydrogen-bond acceptors (Lipinski definition) is 8. The quantitative estimate of drug-likeness (QED) is 0.139. The molecule has 0 bridgehead atoms. The normalized spacial score (nSPS) is 10.0. The number of aromatic nitrogens is 7. The van der Waals surface area contributed by atoms with E-state index < -0.39 is 11.9 Å². The minimum atomic E-state index is -4.33. The Morgan fingerprint density at radius 2 is 1.41 bits per heavy atom. The number of aryl methyl sites for hydroxylation is 10. The highest BCUT2D eigenvalue weighted by Gasteiger charge is 2.35. The predicted octanol–water partition coefficient (Wildman–Crippen LogP) is 9.00. The van der Waals surface area contributed by atoms with E-state index in [1.54, 1.807) is 32.4 Å². The third-order valence-corrected chi connectivity index (χ3v) is 8.23. The Bertz CT molecular complexity index is 2230. The summed E-state index contributed by atoms with van der Waals surface area (Å²) in [6.45, 7) is 16.8. The van der Waals surface area contributed by atoms with Gasteiger partial charge in [0.15, 0.2) is 5.69 Å². The first-order valence-electron chi connectivity index (χ1n) is 16.8. The Kier molecular flexibility index (Phi) is 19.7. The summed E-state index contributed by atoms with van der Waals surface area (Å²) in [7, 11) is 4.55. The summed E-state index contributed by atoms with van der Waals surface area (Å²) in [4.78, 5) is 29.8. The molecule has 0 aliphatic heterocycles. The summed E-state index contributed by atoms with van der Waals surface area (Å²) in [6.07, 6.45) is 1.95. The van der Waals surface area contributed by atoms with E-state index in [9.17, 15) is 22.8 Å². The summed E-state index contributed by atoms with van der Waals surface area (Å²) in [6, 6.07) is 15.4. The first-order valence-corrected chi connectivity index (χ1v) is 17.6. The van der Waals surface area contributed by atoms with Crippen molar-refractivity contribution in [2.75, 3.05) is 0 Å². The lowest BCUT2D eigenvalue weighted by Gasteiger charge is -2.01. The molecule has 11 nitrogen and oxygen atoms in total. The Labute approximate surface area is 335 Å². The lowest BCUT2D eigenvalue weighted by atomic mass is 10.1. The number of pyridine rings is 2. The van der Waals surface area contributed by atoms with Crippen LogP contribution in [0.15, 0.2) is 81.4 Å². The van der Waals surface area contributed by atoms with Crippen molar-refractivity contribution in [2.24, 2.45) is 21.1 Å². The van der Waals surface area contributed by atoms with Crippen LogP contribution in [0, 0.1) is 73.6 Å². The van der Waals surface area contributed by atoms with Crippen LogP contribution in [-0.4, -0.2) is 34.0 Å². The van der Waals surface area contributed by atoms with Gasteiger partial charge in [0.05, 0.1) is 17.3 Å². The number of nitriles is 1. The maximum atomic E-state index is 12.0. The molecule has 1 aromatic carbocycles. The zero-order valence-electron chi connectivity index (χ0n) is 33.5. The number of alkyl halides is 3. The third-order valence-electron chi connectivity index (χ3n) is 7.61. The molecule has 0 aliphatic carbocycles. The van der Waals surface area contributed by atoms with Gasteiger partial charge in [-0.2, -0.15) is 23.5 Å². The zero-order valence-corrected chi connectivity index (χ0v) is 35.1. The molecule has 0 N–H and O–H groups in total. The van der Waals surface area contributed by atoms with E-state index in [1.807, 2.05) is 84.9 Å². The molecule has 56 heavy (non-hydrogen) atoms. The number of halogens is 5. The number of nitrogens with zero attached hydrogens (tertiary/aromatic N) is 8. The predicted molar refractivity (Wildman–Crippen MR) is 214 cm³/mol. The van der Waals surface area contributed by atoms with E-state index in [0.29, 0.717) is 15.9 Å². The van der Waals surface area contributed by atoms with Crippen LogP contribution in [0.3, 0.4) is 0 Å². The number of benzene rings is 1. The largest absolute Gasteiger partial charge is 0.435 e. The fourth-order valence-corrected chi connectivity index (χ4v) is 4.49. The fraction of sp³-hybridized carbons (Fsp3) is 0.325. The average Bonchev–Trinajstić information content (AvgIpc) is 3.64. The molecular formula is C40H47Cl2F3N8O3. The monoisotopic (exact) mass is 814 g/mol. The van der Waals surface area contributed by atoms with Crippen LogP contribution in [0.25, 0.3) is 0 Å². The molecule has 0 fully saturated rings. The molecule has 0 saturated carbocycles. The van der Waals surface area contributed by atoms with Crippen molar-refractivity contribution in [3.8, 4) is 6.07 Å². The van der Waals surface area contributed by atoms with E-state index in [1.165, 1.54) is 43.5 Å². The van der Waals surface area contributed by atoms with Crippen LogP contribution in [0.2, 0.25) is 10.3 Å². The van der Waals surface area contributed by atoms with Gasteiger partial charge in [-0.1, -0.05) is 58.2 Å². The van der Waals surface area contributed by atoms with Crippen molar-refractivity contribution in [2.45, 2.75) is 68.5 Å². The lowest BCUT2D eigenvalue weighted by Crippen LogP contribution is -2.37. The molecule has 5 heterocycles. The highest BCUT2D eigenvalue weighted by molar-refractivity contribution is 6.30. The van der Waals surface area contributed by atoms with Crippen molar-refractivity contribution in [3.05, 3.63) is 160 Å². The Morgan fingerprint density at radius 1 is 0.786 bits per heavy atom. The van der Waals surface area contributed by atoms with Crippen LogP contribution in [0.1, 0.15) is 61.7 Å². The van der Waals surface area contributed by atoms with Gasteiger partial charge in [0, 0.05) is 57.1 Å². The van der Waals surface area contributed by atoms with Gasteiger partial charge in [0.1, 0.15) is 16.1 Å². The van der Waals surface area contributed by atoms with Crippen LogP contribution in [0.4, 0.5) is 13.2 Å². The van der Waals surface area contributed by atoms with Crippen molar-refractivity contribution in [3.63, 3.8) is 0 Å². The SMILES string of the molecule is Cc1ccc(C#N)c(C)c1.Cc1ccc(Cl)nc1.Cc1cccnc1Cl.Cc1cn(C)c(=O)n(C)c1=O.Cc1cn(C)nc1C(F)(F)F.Cc1noc(C)c1C. The maximum Gasteiger partial charge on any atom is 0.435 e. The van der Waals surface area contributed by atoms with E-state index >= 15 is 0 Å². The molecule has 16 heteroatoms. The molecule has 0 radical (unpaired) electrons. The van der Waals surface area contributed by atoms with Gasteiger partial charge in [-0.15, -0.1) is 0 Å². The van der Waals surface area contributed by atoms with Crippen LogP contribution in [-0.2, 0) is 27.3 Å². The first kappa shape index (κ1) is 48.5. The molecule has 0 spiro atoms. The average molecular weight is 816 g/mol. The van der Waals surface area contributed by atoms with Gasteiger partial charge in [-0.25, -0.2) is 14.8 Å². The van der Waals surface area contributed by atoms with Crippen molar-refractivity contribution < 1.29 is 17.7 Å². The highest BCUT2D eigenvalue weighted by Crippen LogP contribution is 2.29. The summed E-state index contributed by atoms with van der Waals surface area (Å²) in [5.74, 6) is 0.919. The minimum Gasteiger partial charge on any atom is -0.361 e. The molecule has 0 aliphatic rings. The van der Waals surface area contributed by atoms with Gasteiger partial charge >= 0.3 is 11.9 Å². The molecule has 6 rings (SSSR count). The van der Waals surface area contributed by atoms with Gasteiger partial charge < -0.3 is 9.09 Å². The van der Waals surface area contributed by atoms with Crippen molar-refractivity contribution in [1.29, 1.82) is 5.26 Å². The van der Waals surface area contributed by atoms with Gasteiger partial charge in [-0.05, 0) is 103 Å². The molecule has 300 valence electrons. The summed E-state index contributed by atoms with van der Waals surface area (Å²) < 4.78 is 44.4. The third kappa shape index (κ3) is 16.5. The Balaban J connectivity index is 0.000000338. The number of hydrogen-bond donors (Lipinski definition) is 0. The number of rotatable bonds is 0. The first-order chi connectivity index (χ1) is 26.0. The second kappa shape index (κ2) is 22.8. The smallest absolute Gasteiger partial charge is 0.361 e. The minimum absolute atomic E-state index is 0.153. The summed E-state index contributed by atoms with van der Waals surface area (Å²) >= 11 is 11.1. The molecule has 6 aromatic rings. The lowest BCUT2D eigenvalue weighted by molar-refractivity contribution is -0.141. The Hall–Kier alpha value is -5.52. The summed E-state index contributed by atoms with van der Waals surface area (Å²) in [5.41, 5.74) is 6.74. The molecule has 0 atom stereocenters. The van der Waals surface area contributed by atoms with E-state index in [2.05, 4.69) is 26.3 Å². The second-order valence-corrected chi connectivity index (χ2v) is 13.3.